The molecule has 6 heavy (non-hydrogen) atoms. The van der Waals surface area contributed by atoms with Gasteiger partial charge in [0.1, 0.15) is 5.94 Å². The van der Waals surface area contributed by atoms with Gasteiger partial charge in [0, 0.05) is 18.0 Å². The minimum Gasteiger partial charge on any atom is -0.323 e. The van der Waals surface area contributed by atoms with Crippen LogP contribution in [0, 0.1) is 0 Å². The Hall–Kier alpha value is -0.590. The van der Waals surface area contributed by atoms with Crippen LogP contribution in [0.4, 0.5) is 0 Å². The molecule has 32 valence electrons. The van der Waals surface area contributed by atoms with Gasteiger partial charge in [0.05, 0.1) is 0 Å². The van der Waals surface area contributed by atoms with Crippen LogP contribution < -0.4 is 5.73 Å². The van der Waals surface area contributed by atoms with Crippen molar-refractivity contribution in [1.29, 1.82) is 0 Å². The molecule has 2 nitrogen and oxygen atoms in total. The van der Waals surface area contributed by atoms with E-state index in [1.165, 1.54) is 0 Å². The summed E-state index contributed by atoms with van der Waals surface area (Å²) in [5.41, 5.74) is 5.91. The predicted molar refractivity (Wildman–Crippen MR) is 21.8 cm³/mol. The van der Waals surface area contributed by atoms with Crippen LogP contribution >= 0.6 is 0 Å². The second-order valence-corrected chi connectivity index (χ2v) is 1.44. The van der Waals surface area contributed by atoms with Crippen molar-refractivity contribution in [2.75, 3.05) is 0 Å². The summed E-state index contributed by atoms with van der Waals surface area (Å²) in [6, 6.07) is 0.0579. The highest BCUT2D eigenvalue weighted by molar-refractivity contribution is 5.61. The van der Waals surface area contributed by atoms with Crippen molar-refractivity contribution in [1.82, 2.24) is 0 Å². The number of carbonyl (C=O) groups excluding carboxylic acids is 1. The van der Waals surface area contributed by atoms with Gasteiger partial charge < -0.3 is 5.73 Å². The Morgan fingerprint density at radius 3 is 2.50 bits per heavy atom. The molecule has 0 aromatic rings. The summed E-state index contributed by atoms with van der Waals surface area (Å²) in [6.07, 6.45) is 0.767. The van der Waals surface area contributed by atoms with Crippen molar-refractivity contribution >= 4 is 5.94 Å². The molecule has 0 bridgehead atoms. The van der Waals surface area contributed by atoms with Crippen LogP contribution in [-0.4, -0.2) is 12.0 Å². The Kier molecular flexibility index (Phi) is 0.560. The zero-order valence-electron chi connectivity index (χ0n) is 3.27. The highest BCUT2D eigenvalue weighted by Crippen LogP contribution is 2.21. The lowest BCUT2D eigenvalue weighted by molar-refractivity contribution is 0.568. The van der Waals surface area contributed by atoms with E-state index in [0.717, 1.165) is 12.0 Å². The van der Waals surface area contributed by atoms with Crippen molar-refractivity contribution in [2.24, 2.45) is 5.73 Å². The standard InChI is InChI=1S/C4H5NO/c5-4-1-3(4)2-6/h4H,1,5H2. The quantitative estimate of drug-likeness (QED) is 0.400. The minimum absolute atomic E-state index is 0.0579. The monoisotopic (exact) mass is 83.0 g/mol. The average molecular weight is 83.1 g/mol. The lowest BCUT2D eigenvalue weighted by Gasteiger charge is -1.59. The Bertz CT molecular complexity index is 113. The first-order chi connectivity index (χ1) is 2.84. The molecule has 0 aliphatic heterocycles. The fourth-order valence-electron chi connectivity index (χ4n) is 0.295. The molecule has 1 saturated carbocycles. The lowest BCUT2D eigenvalue weighted by atomic mass is 10.7. The maximum Gasteiger partial charge on any atom is 0.125 e. The second kappa shape index (κ2) is 0.934. The molecule has 1 aliphatic carbocycles. The predicted octanol–water partition coefficient (Wildman–Crippen LogP) is -0.525. The number of rotatable bonds is 0. The molecule has 0 aromatic heterocycles. The molecular weight excluding hydrogens is 78.0 g/mol. The second-order valence-electron chi connectivity index (χ2n) is 1.44. The first-order valence-corrected chi connectivity index (χ1v) is 1.84. The maximum atomic E-state index is 9.54. The zero-order chi connectivity index (χ0) is 4.57. The molecule has 0 aromatic carbocycles. The van der Waals surface area contributed by atoms with Gasteiger partial charge in [-0.3, -0.25) is 0 Å². The van der Waals surface area contributed by atoms with Crippen LogP contribution in [0.5, 0.6) is 0 Å². The molecule has 2 heteroatoms. The van der Waals surface area contributed by atoms with Gasteiger partial charge in [0.25, 0.3) is 0 Å². The Labute approximate surface area is 35.6 Å². The van der Waals surface area contributed by atoms with Gasteiger partial charge in [-0.15, -0.1) is 0 Å². The summed E-state index contributed by atoms with van der Waals surface area (Å²) >= 11 is 0. The highest BCUT2D eigenvalue weighted by atomic mass is 16.1. The van der Waals surface area contributed by atoms with Crippen LogP contribution in [0.25, 0.3) is 0 Å². The first-order valence-electron chi connectivity index (χ1n) is 1.84. The Balaban J connectivity index is 2.67. The molecule has 0 spiro atoms. The number of nitrogens with two attached hydrogens (primary N) is 1. The number of hydrogen-bond donors (Lipinski definition) is 1. The van der Waals surface area contributed by atoms with E-state index in [1.807, 2.05) is 0 Å². The molecule has 0 saturated heterocycles. The smallest absolute Gasteiger partial charge is 0.125 e. The average Bonchev–Trinajstić information content (AvgIpc) is 2.19. The van der Waals surface area contributed by atoms with Crippen LogP contribution in [0.1, 0.15) is 6.42 Å². The molecule has 1 fully saturated rings. The van der Waals surface area contributed by atoms with Crippen molar-refractivity contribution in [3.05, 3.63) is 5.57 Å². The van der Waals surface area contributed by atoms with E-state index in [9.17, 15) is 4.79 Å². The zero-order valence-corrected chi connectivity index (χ0v) is 3.27. The van der Waals surface area contributed by atoms with E-state index >= 15 is 0 Å². The molecule has 1 atom stereocenters. The third-order valence-electron chi connectivity index (χ3n) is 0.858. The Morgan fingerprint density at radius 2 is 2.50 bits per heavy atom. The molecule has 1 unspecified atom stereocenters. The van der Waals surface area contributed by atoms with Gasteiger partial charge in [-0.25, -0.2) is 4.79 Å². The third kappa shape index (κ3) is 0.361. The number of hydrogen-bond acceptors (Lipinski definition) is 2. The summed E-state index contributed by atoms with van der Waals surface area (Å²) in [4.78, 5) is 9.54. The van der Waals surface area contributed by atoms with Crippen molar-refractivity contribution < 1.29 is 4.79 Å². The van der Waals surface area contributed by atoms with E-state index in [-0.39, 0.29) is 6.04 Å². The summed E-state index contributed by atoms with van der Waals surface area (Å²) in [5, 5.41) is 0. The van der Waals surface area contributed by atoms with Gasteiger partial charge >= 0.3 is 0 Å². The van der Waals surface area contributed by atoms with Gasteiger partial charge in [-0.05, 0) is 0 Å². The topological polar surface area (TPSA) is 43.1 Å². The summed E-state index contributed by atoms with van der Waals surface area (Å²) in [5.74, 6) is 1.73. The molecule has 1 aliphatic rings. The van der Waals surface area contributed by atoms with Gasteiger partial charge in [-0.2, -0.15) is 0 Å². The fourth-order valence-corrected chi connectivity index (χ4v) is 0.295. The van der Waals surface area contributed by atoms with Gasteiger partial charge in [0.2, 0.25) is 0 Å². The maximum absolute atomic E-state index is 9.54. The van der Waals surface area contributed by atoms with Crippen molar-refractivity contribution in [2.45, 2.75) is 12.5 Å². The van der Waals surface area contributed by atoms with Crippen LogP contribution in [-0.2, 0) is 4.79 Å². The first kappa shape index (κ1) is 3.59. The van der Waals surface area contributed by atoms with Crippen molar-refractivity contribution in [3.63, 3.8) is 0 Å². The minimum atomic E-state index is 0.0579. The molecular formula is C4H5NO. The van der Waals surface area contributed by atoms with Gasteiger partial charge in [0.15, 0.2) is 0 Å². The fraction of sp³-hybridized carbons (Fsp3) is 0.500. The van der Waals surface area contributed by atoms with E-state index in [0.29, 0.717) is 0 Å². The Morgan fingerprint density at radius 1 is 2.00 bits per heavy atom. The molecule has 0 heterocycles. The summed E-state index contributed by atoms with van der Waals surface area (Å²) in [6.45, 7) is 0. The molecule has 2 N–H and O–H groups in total. The van der Waals surface area contributed by atoms with E-state index in [1.54, 1.807) is 5.94 Å². The van der Waals surface area contributed by atoms with E-state index in [2.05, 4.69) is 0 Å². The molecule has 0 radical (unpaired) electrons. The third-order valence-corrected chi connectivity index (χ3v) is 0.858. The van der Waals surface area contributed by atoms with E-state index in [4.69, 9.17) is 5.73 Å². The summed E-state index contributed by atoms with van der Waals surface area (Å²) < 4.78 is 0. The van der Waals surface area contributed by atoms with Crippen LogP contribution in [0.15, 0.2) is 5.57 Å². The highest BCUT2D eigenvalue weighted by Gasteiger charge is 2.25. The molecule has 0 amide bonds. The van der Waals surface area contributed by atoms with Crippen LogP contribution in [0.2, 0.25) is 0 Å². The lowest BCUT2D eigenvalue weighted by Crippen LogP contribution is -1.96. The van der Waals surface area contributed by atoms with E-state index < -0.39 is 0 Å². The van der Waals surface area contributed by atoms with Crippen molar-refractivity contribution in [3.8, 4) is 0 Å². The summed E-state index contributed by atoms with van der Waals surface area (Å²) in [7, 11) is 0. The SMILES string of the molecule is NC1CC1=C=O. The van der Waals surface area contributed by atoms with Crippen LogP contribution in [0.3, 0.4) is 0 Å². The molecule has 1 rings (SSSR count). The largest absolute Gasteiger partial charge is 0.323 e. The van der Waals surface area contributed by atoms with Gasteiger partial charge in [-0.1, -0.05) is 0 Å². The normalized spacial score (nSPS) is 29.5.